The number of carbonyl (C=O) groups is 1. The zero-order chi connectivity index (χ0) is 13.8. The van der Waals surface area contributed by atoms with Crippen molar-refractivity contribution < 1.29 is 14.6 Å². The van der Waals surface area contributed by atoms with Gasteiger partial charge >= 0.3 is 0 Å². The maximum absolute atomic E-state index is 11.8. The zero-order valence-corrected chi connectivity index (χ0v) is 11.6. The Hall–Kier alpha value is -1.10. The summed E-state index contributed by atoms with van der Waals surface area (Å²) in [7, 11) is 0. The molecule has 0 spiro atoms. The Labute approximate surface area is 117 Å². The minimum absolute atomic E-state index is 0.0496. The molecule has 1 fully saturated rings. The Morgan fingerprint density at radius 2 is 2.21 bits per heavy atom. The van der Waals surface area contributed by atoms with Gasteiger partial charge in [-0.05, 0) is 31.0 Å². The molecule has 104 valence electrons. The number of hydrogen-bond acceptors (Lipinski definition) is 3. The second kappa shape index (κ2) is 6.37. The van der Waals surface area contributed by atoms with Gasteiger partial charge in [-0.3, -0.25) is 4.79 Å². The summed E-state index contributed by atoms with van der Waals surface area (Å²) in [6, 6.07) is 6.93. The molecule has 2 N–H and O–H groups in total. The van der Waals surface area contributed by atoms with Gasteiger partial charge in [-0.15, -0.1) is 0 Å². The van der Waals surface area contributed by atoms with Gasteiger partial charge in [0.15, 0.2) is 0 Å². The van der Waals surface area contributed by atoms with Crippen molar-refractivity contribution in [2.24, 2.45) is 5.92 Å². The van der Waals surface area contributed by atoms with E-state index in [1.165, 1.54) is 0 Å². The van der Waals surface area contributed by atoms with Crippen LogP contribution in [0.1, 0.15) is 25.0 Å². The van der Waals surface area contributed by atoms with E-state index >= 15 is 0 Å². The molecule has 0 heterocycles. The van der Waals surface area contributed by atoms with Crippen molar-refractivity contribution in [1.82, 2.24) is 5.32 Å². The van der Waals surface area contributed by atoms with Crippen molar-refractivity contribution >= 4 is 17.5 Å². The molecule has 4 nitrogen and oxygen atoms in total. The number of nitrogens with one attached hydrogen (secondary N) is 1. The van der Waals surface area contributed by atoms with Gasteiger partial charge in [0.05, 0.1) is 18.1 Å². The van der Waals surface area contributed by atoms with Gasteiger partial charge in [0.2, 0.25) is 5.91 Å². The van der Waals surface area contributed by atoms with E-state index in [0.717, 1.165) is 12.0 Å². The van der Waals surface area contributed by atoms with E-state index < -0.39 is 6.10 Å². The third kappa shape index (κ3) is 3.93. The van der Waals surface area contributed by atoms with E-state index in [1.54, 1.807) is 24.3 Å². The highest BCUT2D eigenvalue weighted by atomic mass is 35.5. The van der Waals surface area contributed by atoms with E-state index in [9.17, 15) is 9.90 Å². The first kappa shape index (κ1) is 14.3. The summed E-state index contributed by atoms with van der Waals surface area (Å²) in [4.78, 5) is 11.8. The fraction of sp³-hybridized carbons (Fsp3) is 0.500. The van der Waals surface area contributed by atoms with Gasteiger partial charge < -0.3 is 15.2 Å². The molecule has 5 heteroatoms. The van der Waals surface area contributed by atoms with Gasteiger partial charge in [0.1, 0.15) is 0 Å². The molecule has 1 aliphatic carbocycles. The molecule has 1 aliphatic rings. The highest BCUT2D eigenvalue weighted by molar-refractivity contribution is 6.30. The third-order valence-electron chi connectivity index (χ3n) is 3.17. The average Bonchev–Trinajstić information content (AvgIpc) is 3.16. The van der Waals surface area contributed by atoms with Crippen molar-refractivity contribution in [2.75, 3.05) is 13.2 Å². The lowest BCUT2D eigenvalue weighted by atomic mass is 10.1. The largest absolute Gasteiger partial charge is 0.387 e. The Morgan fingerprint density at radius 3 is 2.84 bits per heavy atom. The topological polar surface area (TPSA) is 58.6 Å². The van der Waals surface area contributed by atoms with Crippen LogP contribution in [0.15, 0.2) is 24.3 Å². The van der Waals surface area contributed by atoms with E-state index in [1.807, 2.05) is 6.92 Å². The van der Waals surface area contributed by atoms with Gasteiger partial charge in [-0.2, -0.15) is 0 Å². The van der Waals surface area contributed by atoms with E-state index in [2.05, 4.69) is 5.32 Å². The van der Waals surface area contributed by atoms with Crippen LogP contribution < -0.4 is 5.32 Å². The number of hydrogen-bond donors (Lipinski definition) is 2. The molecule has 0 bridgehead atoms. The van der Waals surface area contributed by atoms with Crippen molar-refractivity contribution in [3.05, 3.63) is 34.9 Å². The van der Waals surface area contributed by atoms with Gasteiger partial charge in [-0.25, -0.2) is 0 Å². The van der Waals surface area contributed by atoms with Crippen LogP contribution in [0.2, 0.25) is 5.02 Å². The van der Waals surface area contributed by atoms with Crippen molar-refractivity contribution in [3.63, 3.8) is 0 Å². The summed E-state index contributed by atoms with van der Waals surface area (Å²) in [5.41, 5.74) is 0.738. The second-order valence-corrected chi connectivity index (χ2v) is 5.08. The van der Waals surface area contributed by atoms with Gasteiger partial charge in [0, 0.05) is 18.2 Å². The molecule has 0 saturated heterocycles. The smallest absolute Gasteiger partial charge is 0.225 e. The van der Waals surface area contributed by atoms with E-state index in [0.29, 0.717) is 11.6 Å². The van der Waals surface area contributed by atoms with Crippen LogP contribution in [0.25, 0.3) is 0 Å². The van der Waals surface area contributed by atoms with E-state index in [-0.39, 0.29) is 24.5 Å². The van der Waals surface area contributed by atoms with Crippen molar-refractivity contribution in [2.45, 2.75) is 25.6 Å². The Kier molecular flexibility index (Phi) is 4.80. The molecular weight excluding hydrogens is 266 g/mol. The molecule has 1 aromatic rings. The molecule has 1 saturated carbocycles. The number of benzene rings is 1. The predicted octanol–water partition coefficient (Wildman–Crippen LogP) is 1.91. The monoisotopic (exact) mass is 283 g/mol. The number of ether oxygens (including phenoxy) is 1. The first-order valence-electron chi connectivity index (χ1n) is 6.44. The lowest BCUT2D eigenvalue weighted by molar-refractivity contribution is -0.123. The summed E-state index contributed by atoms with van der Waals surface area (Å²) >= 11 is 5.77. The number of rotatable bonds is 6. The summed E-state index contributed by atoms with van der Waals surface area (Å²) < 4.78 is 5.35. The van der Waals surface area contributed by atoms with E-state index in [4.69, 9.17) is 16.3 Å². The van der Waals surface area contributed by atoms with Gasteiger partial charge in [-0.1, -0.05) is 23.7 Å². The maximum atomic E-state index is 11.8. The Bertz CT molecular complexity index is 435. The number of amides is 1. The van der Waals surface area contributed by atoms with Crippen LogP contribution in [0.3, 0.4) is 0 Å². The van der Waals surface area contributed by atoms with Crippen molar-refractivity contribution in [3.8, 4) is 0 Å². The van der Waals surface area contributed by atoms with Gasteiger partial charge in [0.25, 0.3) is 0 Å². The molecule has 19 heavy (non-hydrogen) atoms. The quantitative estimate of drug-likeness (QED) is 0.838. The molecular formula is C14H18ClNO3. The summed E-state index contributed by atoms with van der Waals surface area (Å²) in [6.45, 7) is 2.75. The number of aliphatic hydroxyl groups excluding tert-OH is 1. The molecule has 1 aromatic carbocycles. The molecule has 1 amide bonds. The number of carbonyl (C=O) groups excluding carboxylic acids is 1. The van der Waals surface area contributed by atoms with Crippen LogP contribution in [0.5, 0.6) is 0 Å². The number of halogens is 1. The van der Waals surface area contributed by atoms with Crippen LogP contribution in [0.4, 0.5) is 0 Å². The van der Waals surface area contributed by atoms with Crippen LogP contribution in [-0.2, 0) is 9.53 Å². The lowest BCUT2D eigenvalue weighted by Gasteiger charge is -2.12. The highest BCUT2D eigenvalue weighted by Crippen LogP contribution is 2.33. The van der Waals surface area contributed by atoms with Crippen LogP contribution >= 0.6 is 11.6 Å². The first-order chi connectivity index (χ1) is 9.11. The molecule has 3 atom stereocenters. The fourth-order valence-electron chi connectivity index (χ4n) is 1.98. The molecule has 0 aromatic heterocycles. The first-order valence-corrected chi connectivity index (χ1v) is 6.82. The lowest BCUT2D eigenvalue weighted by Crippen LogP contribution is -2.30. The summed E-state index contributed by atoms with van der Waals surface area (Å²) in [5.74, 6) is -0.108. The molecule has 3 unspecified atom stereocenters. The minimum atomic E-state index is -0.717. The zero-order valence-electron chi connectivity index (χ0n) is 10.8. The number of aliphatic hydroxyl groups is 1. The second-order valence-electron chi connectivity index (χ2n) is 4.65. The van der Waals surface area contributed by atoms with Crippen LogP contribution in [-0.4, -0.2) is 30.3 Å². The normalized spacial score (nSPS) is 22.9. The van der Waals surface area contributed by atoms with Crippen molar-refractivity contribution in [1.29, 1.82) is 0 Å². The molecule has 0 radical (unpaired) electrons. The Morgan fingerprint density at radius 1 is 1.53 bits per heavy atom. The SMILES string of the molecule is CCOC1CC1C(=O)NCC(O)c1ccc(Cl)cc1. The third-order valence-corrected chi connectivity index (χ3v) is 3.43. The average molecular weight is 284 g/mol. The fourth-order valence-corrected chi connectivity index (χ4v) is 2.10. The minimum Gasteiger partial charge on any atom is -0.387 e. The Balaban J connectivity index is 1.76. The van der Waals surface area contributed by atoms with Crippen LogP contribution in [0, 0.1) is 5.92 Å². The molecule has 2 rings (SSSR count). The summed E-state index contributed by atoms with van der Waals surface area (Å²) in [6.07, 6.45) is 0.111. The highest BCUT2D eigenvalue weighted by Gasteiger charge is 2.43. The predicted molar refractivity (Wildman–Crippen MR) is 72.9 cm³/mol. The molecule has 0 aliphatic heterocycles. The standard InChI is InChI=1S/C14H18ClNO3/c1-2-19-13-7-11(13)14(18)16-8-12(17)9-3-5-10(15)6-4-9/h3-6,11-13,17H,2,7-8H2,1H3,(H,16,18). The maximum Gasteiger partial charge on any atom is 0.225 e. The summed E-state index contributed by atoms with van der Waals surface area (Å²) in [5, 5.41) is 13.3.